The summed E-state index contributed by atoms with van der Waals surface area (Å²) in [6.07, 6.45) is 1.19. The van der Waals surface area contributed by atoms with Crippen LogP contribution in [-0.2, 0) is 24.3 Å². The van der Waals surface area contributed by atoms with Crippen LogP contribution in [0.1, 0.15) is 12.8 Å². The van der Waals surface area contributed by atoms with Crippen molar-refractivity contribution >= 4 is 49.2 Å². The Kier molecular flexibility index (Phi) is 6.18. The number of nitrogens with zero attached hydrogens (tertiary/aromatic N) is 1. The Hall–Kier alpha value is -0.970. The summed E-state index contributed by atoms with van der Waals surface area (Å²) < 4.78 is 32.0. The van der Waals surface area contributed by atoms with Gasteiger partial charge in [0.25, 0.3) is 10.0 Å². The molecule has 0 spiro atoms. The lowest BCUT2D eigenvalue weighted by Crippen LogP contribution is -2.46. The van der Waals surface area contributed by atoms with Gasteiger partial charge in [-0.05, 0) is 40.9 Å². The van der Waals surface area contributed by atoms with Crippen LogP contribution in [0, 0.1) is 5.92 Å². The summed E-state index contributed by atoms with van der Waals surface area (Å²) in [5.41, 5.74) is 0. The average molecular weight is 425 g/mol. The summed E-state index contributed by atoms with van der Waals surface area (Å²) in [5.74, 6) is -1.34. The molecule has 1 aliphatic heterocycles. The maximum absolute atomic E-state index is 12.6. The highest BCUT2D eigenvalue weighted by molar-refractivity contribution is 9.11. The van der Waals surface area contributed by atoms with Gasteiger partial charge in [0, 0.05) is 13.1 Å². The summed E-state index contributed by atoms with van der Waals surface area (Å²) in [6, 6.07) is 3.23. The second-order valence-corrected chi connectivity index (χ2v) is 9.68. The lowest BCUT2D eigenvalue weighted by atomic mass is 9.99. The topological polar surface area (TPSA) is 92.8 Å². The lowest BCUT2D eigenvalue weighted by molar-refractivity contribution is -0.141. The van der Waals surface area contributed by atoms with Gasteiger partial charge in [0.05, 0.1) is 16.8 Å². The maximum atomic E-state index is 12.6. The second kappa shape index (κ2) is 7.73. The van der Waals surface area contributed by atoms with Gasteiger partial charge < -0.3 is 10.1 Å². The molecule has 23 heavy (non-hydrogen) atoms. The molecule has 128 valence electrons. The second-order valence-electron chi connectivity index (χ2n) is 5.05. The largest absolute Gasteiger partial charge is 0.468 e. The number of halogens is 1. The number of hydrogen-bond donors (Lipinski definition) is 1. The third kappa shape index (κ3) is 4.52. The highest BCUT2D eigenvalue weighted by Gasteiger charge is 2.34. The maximum Gasteiger partial charge on any atom is 0.325 e. The number of amides is 1. The molecule has 1 aromatic rings. The zero-order valence-electron chi connectivity index (χ0n) is 12.5. The number of thiophene rings is 1. The van der Waals surface area contributed by atoms with Crippen LogP contribution in [0.25, 0.3) is 0 Å². The molecule has 1 amide bonds. The van der Waals surface area contributed by atoms with Crippen LogP contribution >= 0.6 is 27.3 Å². The summed E-state index contributed by atoms with van der Waals surface area (Å²) in [6.45, 7) is 0.292. The van der Waals surface area contributed by atoms with Gasteiger partial charge in [-0.3, -0.25) is 9.59 Å². The van der Waals surface area contributed by atoms with Crippen LogP contribution < -0.4 is 5.32 Å². The molecule has 0 aromatic carbocycles. The van der Waals surface area contributed by atoms with Crippen LogP contribution in [0.3, 0.4) is 0 Å². The van der Waals surface area contributed by atoms with E-state index in [4.69, 9.17) is 0 Å². The number of rotatable bonds is 5. The molecule has 1 aliphatic rings. The Bertz CT molecular complexity index is 688. The summed E-state index contributed by atoms with van der Waals surface area (Å²) in [5, 5.41) is 2.48. The third-order valence-corrected chi connectivity index (χ3v) is 7.49. The van der Waals surface area contributed by atoms with E-state index in [0.29, 0.717) is 19.4 Å². The van der Waals surface area contributed by atoms with Crippen molar-refractivity contribution in [3.8, 4) is 0 Å². The number of ether oxygens (including phenoxy) is 1. The van der Waals surface area contributed by atoms with Gasteiger partial charge in [0.15, 0.2) is 0 Å². The molecule has 0 saturated carbocycles. The van der Waals surface area contributed by atoms with Crippen molar-refractivity contribution in [2.24, 2.45) is 5.92 Å². The number of hydrogen-bond acceptors (Lipinski definition) is 6. The highest BCUT2D eigenvalue weighted by Crippen LogP contribution is 2.30. The first kappa shape index (κ1) is 18.4. The number of nitrogens with one attached hydrogen (secondary N) is 1. The molecule has 0 bridgehead atoms. The van der Waals surface area contributed by atoms with Crippen molar-refractivity contribution in [1.29, 1.82) is 0 Å². The molecular weight excluding hydrogens is 408 g/mol. The summed E-state index contributed by atoms with van der Waals surface area (Å²) in [4.78, 5) is 23.1. The van der Waals surface area contributed by atoms with Gasteiger partial charge in [0.2, 0.25) is 5.91 Å². The van der Waals surface area contributed by atoms with Crippen molar-refractivity contribution in [2.75, 3.05) is 26.7 Å². The third-order valence-electron chi connectivity index (χ3n) is 3.53. The Balaban J connectivity index is 2.03. The van der Waals surface area contributed by atoms with Crippen LogP contribution in [0.5, 0.6) is 0 Å². The first-order chi connectivity index (χ1) is 10.8. The van der Waals surface area contributed by atoms with E-state index in [1.54, 1.807) is 12.1 Å². The lowest BCUT2D eigenvalue weighted by Gasteiger charge is -2.30. The smallest absolute Gasteiger partial charge is 0.325 e. The fourth-order valence-electron chi connectivity index (χ4n) is 2.31. The van der Waals surface area contributed by atoms with Gasteiger partial charge in [-0.15, -0.1) is 11.3 Å². The van der Waals surface area contributed by atoms with Crippen LogP contribution in [0.2, 0.25) is 0 Å². The van der Waals surface area contributed by atoms with Gasteiger partial charge in [0.1, 0.15) is 10.8 Å². The van der Waals surface area contributed by atoms with E-state index < -0.39 is 21.9 Å². The van der Waals surface area contributed by atoms with E-state index in [0.717, 1.165) is 15.1 Å². The normalized spacial score (nSPS) is 19.3. The van der Waals surface area contributed by atoms with Crippen molar-refractivity contribution in [3.05, 3.63) is 15.9 Å². The molecule has 0 unspecified atom stereocenters. The minimum Gasteiger partial charge on any atom is -0.468 e. The zero-order valence-corrected chi connectivity index (χ0v) is 15.7. The van der Waals surface area contributed by atoms with E-state index in [-0.39, 0.29) is 23.2 Å². The standard InChI is InChI=1S/C13H17BrN2O5S2/c1-21-11(17)7-15-13(18)9-3-2-6-16(8-9)23(19,20)12-5-4-10(14)22-12/h4-5,9H,2-3,6-8H2,1H3,(H,15,18)/t9-/m1/s1. The van der Waals surface area contributed by atoms with Crippen molar-refractivity contribution in [1.82, 2.24) is 9.62 Å². The zero-order chi connectivity index (χ0) is 17.0. The minimum absolute atomic E-state index is 0.116. The van der Waals surface area contributed by atoms with E-state index in [1.165, 1.54) is 11.4 Å². The quantitative estimate of drug-likeness (QED) is 0.716. The first-order valence-electron chi connectivity index (χ1n) is 6.94. The minimum atomic E-state index is -3.59. The Labute approximate surface area is 147 Å². The summed E-state index contributed by atoms with van der Waals surface area (Å²) >= 11 is 4.39. The molecule has 1 aromatic heterocycles. The molecular formula is C13H17BrN2O5S2. The number of esters is 1. The number of sulfonamides is 1. The monoisotopic (exact) mass is 424 g/mol. The molecule has 2 rings (SSSR count). The molecule has 1 N–H and O–H groups in total. The van der Waals surface area contributed by atoms with E-state index in [1.807, 2.05) is 0 Å². The molecule has 2 heterocycles. The fourth-order valence-corrected chi connectivity index (χ4v) is 6.00. The predicted octanol–water partition coefficient (Wildman–Crippen LogP) is 1.20. The predicted molar refractivity (Wildman–Crippen MR) is 88.5 cm³/mol. The molecule has 7 nitrogen and oxygen atoms in total. The van der Waals surface area contributed by atoms with Gasteiger partial charge in [-0.25, -0.2) is 8.42 Å². The molecule has 1 fully saturated rings. The van der Waals surface area contributed by atoms with Crippen LogP contribution in [0.15, 0.2) is 20.1 Å². The fraction of sp³-hybridized carbons (Fsp3) is 0.538. The molecule has 1 atom stereocenters. The molecule has 1 saturated heterocycles. The van der Waals surface area contributed by atoms with E-state index >= 15 is 0 Å². The van der Waals surface area contributed by atoms with E-state index in [9.17, 15) is 18.0 Å². The first-order valence-corrected chi connectivity index (χ1v) is 9.99. The van der Waals surface area contributed by atoms with Gasteiger partial charge in [-0.1, -0.05) is 0 Å². The molecule has 0 aliphatic carbocycles. The van der Waals surface area contributed by atoms with Crippen LogP contribution in [0.4, 0.5) is 0 Å². The SMILES string of the molecule is COC(=O)CNC(=O)[C@@H]1CCCN(S(=O)(=O)c2ccc(Br)s2)C1. The van der Waals surface area contributed by atoms with Crippen molar-refractivity contribution in [3.63, 3.8) is 0 Å². The molecule has 0 radical (unpaired) electrons. The van der Waals surface area contributed by atoms with Crippen molar-refractivity contribution in [2.45, 2.75) is 17.1 Å². The van der Waals surface area contributed by atoms with Crippen molar-refractivity contribution < 1.29 is 22.7 Å². The Morgan fingerprint density at radius 2 is 2.22 bits per heavy atom. The number of carbonyl (C=O) groups is 2. The van der Waals surface area contributed by atoms with Gasteiger partial charge >= 0.3 is 5.97 Å². The average Bonchev–Trinajstić information content (AvgIpc) is 2.99. The highest BCUT2D eigenvalue weighted by atomic mass is 79.9. The number of carbonyl (C=O) groups excluding carboxylic acids is 2. The van der Waals surface area contributed by atoms with E-state index in [2.05, 4.69) is 26.0 Å². The molecule has 10 heteroatoms. The number of piperidine rings is 1. The Morgan fingerprint density at radius 1 is 1.48 bits per heavy atom. The van der Waals surface area contributed by atoms with Gasteiger partial charge in [-0.2, -0.15) is 4.31 Å². The van der Waals surface area contributed by atoms with Crippen LogP contribution in [-0.4, -0.2) is 51.3 Å². The summed E-state index contributed by atoms with van der Waals surface area (Å²) in [7, 11) is -2.35. The Morgan fingerprint density at radius 3 is 2.83 bits per heavy atom. The number of methoxy groups -OCH3 is 1.